The fraction of sp³-hybridized carbons (Fsp3) is 0.750. The van der Waals surface area contributed by atoms with E-state index >= 15 is 0 Å². The van der Waals surface area contributed by atoms with Gasteiger partial charge in [0.2, 0.25) is 0 Å². The van der Waals surface area contributed by atoms with Crippen molar-refractivity contribution in [1.82, 2.24) is 10.2 Å². The number of esters is 1. The average Bonchev–Trinajstić information content (AvgIpc) is 2.42. The van der Waals surface area contributed by atoms with Crippen LogP contribution in [0.15, 0.2) is 0 Å². The van der Waals surface area contributed by atoms with Crippen LogP contribution in [0.1, 0.15) is 13.3 Å². The normalized spacial score (nSPS) is 11.6. The van der Waals surface area contributed by atoms with Crippen LogP contribution in [0, 0.1) is 0 Å². The Morgan fingerprint density at radius 3 is 2.48 bits per heavy atom. The predicted octanol–water partition coefficient (Wildman–Crippen LogP) is -0.957. The van der Waals surface area contributed by atoms with Crippen molar-refractivity contribution in [3.8, 4) is 0 Å². The molecule has 0 saturated carbocycles. The van der Waals surface area contributed by atoms with Crippen LogP contribution < -0.4 is 5.32 Å². The maximum absolute atomic E-state index is 12.0. The number of carbonyl (C=O) groups excluding carboxylic acids is 2. The second kappa shape index (κ2) is 10.9. The van der Waals surface area contributed by atoms with Gasteiger partial charge < -0.3 is 29.9 Å². The maximum atomic E-state index is 12.0. The molecule has 0 heterocycles. The lowest BCUT2D eigenvalue weighted by Gasteiger charge is -2.24. The third-order valence-electron chi connectivity index (χ3n) is 2.49. The highest BCUT2D eigenvalue weighted by Crippen LogP contribution is 1.97. The lowest BCUT2D eigenvalue weighted by atomic mass is 10.2. The van der Waals surface area contributed by atoms with Crippen LogP contribution in [0.25, 0.3) is 0 Å². The first-order valence-corrected chi connectivity index (χ1v) is 6.49. The number of aliphatic hydroxyl groups excluding tert-OH is 1. The third kappa shape index (κ3) is 8.10. The number of rotatable bonds is 10. The van der Waals surface area contributed by atoms with Crippen LogP contribution in [-0.2, 0) is 19.1 Å². The summed E-state index contributed by atoms with van der Waals surface area (Å²) in [5, 5.41) is 19.9. The molecular formula is C12H22N2O7. The molecule has 0 spiro atoms. The van der Waals surface area contributed by atoms with Gasteiger partial charge in [-0.2, -0.15) is 0 Å². The topological polar surface area (TPSA) is 125 Å². The Bertz CT molecular complexity index is 348. The highest BCUT2D eigenvalue weighted by molar-refractivity contribution is 5.85. The third-order valence-corrected chi connectivity index (χ3v) is 2.49. The molecule has 21 heavy (non-hydrogen) atoms. The zero-order valence-corrected chi connectivity index (χ0v) is 12.2. The minimum Gasteiger partial charge on any atom is -0.480 e. The number of aliphatic hydroxyl groups is 1. The van der Waals surface area contributed by atoms with Gasteiger partial charge in [0.15, 0.2) is 0 Å². The van der Waals surface area contributed by atoms with E-state index in [0.29, 0.717) is 0 Å². The number of hydrogen-bond acceptors (Lipinski definition) is 6. The van der Waals surface area contributed by atoms with E-state index in [-0.39, 0.29) is 39.3 Å². The summed E-state index contributed by atoms with van der Waals surface area (Å²) < 4.78 is 9.58. The summed E-state index contributed by atoms with van der Waals surface area (Å²) in [5.74, 6) is -1.86. The van der Waals surface area contributed by atoms with Crippen molar-refractivity contribution in [2.45, 2.75) is 19.4 Å². The minimum atomic E-state index is -1.26. The molecule has 3 N–H and O–H groups in total. The monoisotopic (exact) mass is 306 g/mol. The van der Waals surface area contributed by atoms with Gasteiger partial charge in [-0.1, -0.05) is 0 Å². The number of nitrogens with one attached hydrogen (secondary N) is 1. The minimum absolute atomic E-state index is 0.104. The molecule has 0 radical (unpaired) electrons. The number of carboxylic acids is 1. The van der Waals surface area contributed by atoms with Crippen LogP contribution in [0.3, 0.4) is 0 Å². The molecule has 9 nitrogen and oxygen atoms in total. The van der Waals surface area contributed by atoms with E-state index in [1.807, 2.05) is 0 Å². The van der Waals surface area contributed by atoms with Crippen molar-refractivity contribution in [3.05, 3.63) is 0 Å². The number of nitrogens with zero attached hydrogens (tertiary/aromatic N) is 1. The van der Waals surface area contributed by atoms with Gasteiger partial charge in [-0.15, -0.1) is 0 Å². The fourth-order valence-electron chi connectivity index (χ4n) is 1.44. The van der Waals surface area contributed by atoms with Crippen LogP contribution in [0.5, 0.6) is 0 Å². The molecule has 1 atom stereocenters. The summed E-state index contributed by atoms with van der Waals surface area (Å²) in [6, 6.07) is -1.96. The van der Waals surface area contributed by atoms with Crippen LogP contribution in [0.2, 0.25) is 0 Å². The highest BCUT2D eigenvalue weighted by atomic mass is 16.5. The zero-order chi connectivity index (χ0) is 16.3. The van der Waals surface area contributed by atoms with Crippen LogP contribution in [0.4, 0.5) is 4.79 Å². The van der Waals surface area contributed by atoms with Gasteiger partial charge in [0.25, 0.3) is 0 Å². The summed E-state index contributed by atoms with van der Waals surface area (Å²) in [7, 11) is 1.44. The van der Waals surface area contributed by atoms with Gasteiger partial charge in [0, 0.05) is 26.7 Å². The maximum Gasteiger partial charge on any atom is 0.326 e. The molecule has 0 fully saturated rings. The molecule has 0 aliphatic heterocycles. The molecule has 9 heteroatoms. The van der Waals surface area contributed by atoms with Crippen molar-refractivity contribution in [1.29, 1.82) is 0 Å². The average molecular weight is 306 g/mol. The number of aliphatic carboxylic acids is 1. The molecule has 2 amide bonds. The molecule has 0 aromatic carbocycles. The Morgan fingerprint density at radius 2 is 2.00 bits per heavy atom. The lowest BCUT2D eigenvalue weighted by molar-refractivity contribution is -0.143. The summed E-state index contributed by atoms with van der Waals surface area (Å²) >= 11 is 0. The fourth-order valence-corrected chi connectivity index (χ4v) is 1.44. The first-order chi connectivity index (χ1) is 9.96. The van der Waals surface area contributed by atoms with E-state index in [1.165, 1.54) is 7.11 Å². The summed E-state index contributed by atoms with van der Waals surface area (Å²) in [6.45, 7) is 1.42. The van der Waals surface area contributed by atoms with Crippen molar-refractivity contribution < 1.29 is 34.1 Å². The van der Waals surface area contributed by atoms with Crippen molar-refractivity contribution in [2.24, 2.45) is 0 Å². The second-order valence-corrected chi connectivity index (χ2v) is 4.07. The van der Waals surface area contributed by atoms with Crippen molar-refractivity contribution in [3.63, 3.8) is 0 Å². The van der Waals surface area contributed by atoms with E-state index in [2.05, 4.69) is 5.32 Å². The quantitative estimate of drug-likeness (QED) is 0.444. The van der Waals surface area contributed by atoms with E-state index < -0.39 is 24.0 Å². The standard InChI is InChI=1S/C12H22N2O7/c1-3-21-10(16)8-14(5-7-20-2)12(19)13-9(4-6-15)11(17)18/h9,15H,3-8H2,1-2H3,(H,13,19)(H,17,18)/t9-/m1/s1. The van der Waals surface area contributed by atoms with Crippen molar-refractivity contribution in [2.75, 3.05) is 40.0 Å². The Hall–Kier alpha value is -1.87. The Balaban J connectivity index is 4.67. The molecule has 0 aromatic heterocycles. The Kier molecular flexibility index (Phi) is 9.90. The predicted molar refractivity (Wildman–Crippen MR) is 71.7 cm³/mol. The van der Waals surface area contributed by atoms with Gasteiger partial charge in [0.05, 0.1) is 13.2 Å². The van der Waals surface area contributed by atoms with E-state index in [0.717, 1.165) is 4.90 Å². The van der Waals surface area contributed by atoms with Crippen LogP contribution in [-0.4, -0.2) is 79.1 Å². The van der Waals surface area contributed by atoms with Gasteiger partial charge in [-0.05, 0) is 6.92 Å². The van der Waals surface area contributed by atoms with Gasteiger partial charge >= 0.3 is 18.0 Å². The van der Waals surface area contributed by atoms with Gasteiger partial charge in [-0.25, -0.2) is 9.59 Å². The highest BCUT2D eigenvalue weighted by Gasteiger charge is 2.24. The lowest BCUT2D eigenvalue weighted by Crippen LogP contribution is -2.50. The van der Waals surface area contributed by atoms with E-state index in [4.69, 9.17) is 19.7 Å². The number of carboxylic acid groups (broad SMARTS) is 1. The first kappa shape index (κ1) is 19.1. The number of methoxy groups -OCH3 is 1. The number of amides is 2. The molecule has 0 bridgehead atoms. The number of ether oxygens (including phenoxy) is 2. The smallest absolute Gasteiger partial charge is 0.326 e. The molecule has 0 aliphatic rings. The first-order valence-electron chi connectivity index (χ1n) is 6.49. The molecular weight excluding hydrogens is 284 g/mol. The second-order valence-electron chi connectivity index (χ2n) is 4.07. The largest absolute Gasteiger partial charge is 0.480 e. The zero-order valence-electron chi connectivity index (χ0n) is 12.2. The van der Waals surface area contributed by atoms with E-state index in [1.54, 1.807) is 6.92 Å². The molecule has 0 saturated heterocycles. The SMILES string of the molecule is CCOC(=O)CN(CCOC)C(=O)N[C@H](CCO)C(=O)O. The van der Waals surface area contributed by atoms with Crippen molar-refractivity contribution >= 4 is 18.0 Å². The van der Waals surface area contributed by atoms with Gasteiger partial charge in [0.1, 0.15) is 12.6 Å². The molecule has 0 aliphatic carbocycles. The Labute approximate surface area is 122 Å². The molecule has 0 rings (SSSR count). The van der Waals surface area contributed by atoms with Gasteiger partial charge in [-0.3, -0.25) is 4.79 Å². The molecule has 0 unspecified atom stereocenters. The van der Waals surface area contributed by atoms with Crippen LogP contribution >= 0.6 is 0 Å². The summed E-state index contributed by atoms with van der Waals surface area (Å²) in [5.41, 5.74) is 0. The summed E-state index contributed by atoms with van der Waals surface area (Å²) in [6.07, 6.45) is -0.126. The molecule has 122 valence electrons. The number of urea groups is 1. The van der Waals surface area contributed by atoms with E-state index in [9.17, 15) is 14.4 Å². The number of hydrogen-bond donors (Lipinski definition) is 3. The number of carbonyl (C=O) groups is 3. The Morgan fingerprint density at radius 1 is 1.33 bits per heavy atom. The molecule has 0 aromatic rings. The summed E-state index contributed by atoms with van der Waals surface area (Å²) in [4.78, 5) is 35.4.